The zero-order valence-electron chi connectivity index (χ0n) is 7.37. The van der Waals surface area contributed by atoms with Gasteiger partial charge in [-0.2, -0.15) is 0 Å². The van der Waals surface area contributed by atoms with E-state index in [0.29, 0.717) is 11.8 Å². The predicted molar refractivity (Wildman–Crippen MR) is 61.6 cm³/mol. The van der Waals surface area contributed by atoms with E-state index in [1.165, 1.54) is 30.3 Å². The van der Waals surface area contributed by atoms with E-state index >= 15 is 0 Å². The van der Waals surface area contributed by atoms with Crippen molar-refractivity contribution in [2.24, 2.45) is 0 Å². The molecule has 68 valence electrons. The summed E-state index contributed by atoms with van der Waals surface area (Å²) in [6.07, 6.45) is 0. The summed E-state index contributed by atoms with van der Waals surface area (Å²) in [5.74, 6) is 2.99. The lowest BCUT2D eigenvalue weighted by atomic mass is 10.3. The van der Waals surface area contributed by atoms with Gasteiger partial charge in [-0.15, -0.1) is 0 Å². The van der Waals surface area contributed by atoms with Gasteiger partial charge >= 0.3 is 0 Å². The summed E-state index contributed by atoms with van der Waals surface area (Å²) in [6, 6.07) is 10.8. The second-order valence-electron chi connectivity index (χ2n) is 3.38. The molecule has 1 heterocycles. The maximum absolute atomic E-state index is 2.51. The first kappa shape index (κ1) is 7.99. The highest BCUT2D eigenvalue weighted by Crippen LogP contribution is 2.18. The molecule has 0 bridgehead atoms. The Morgan fingerprint density at radius 2 is 1.67 bits per heavy atom. The number of rotatable bonds is 1. The Morgan fingerprint density at radius 3 is 2.33 bits per heavy atom. The molecular formula is C10H17NS. The van der Waals surface area contributed by atoms with E-state index in [1.807, 2.05) is 0 Å². The summed E-state index contributed by atoms with van der Waals surface area (Å²) in [6.45, 7) is 2.60. The summed E-state index contributed by atoms with van der Waals surface area (Å²) in [5.41, 5.74) is 1.41. The molecule has 0 radical (unpaired) electrons. The summed E-state index contributed by atoms with van der Waals surface area (Å²) in [4.78, 5) is 2.51. The number of hydrogen-bond acceptors (Lipinski definition) is 1. The highest BCUT2D eigenvalue weighted by molar-refractivity contribution is 7.99. The maximum Gasteiger partial charge on any atom is 0.0366 e. The van der Waals surface area contributed by atoms with E-state index in [2.05, 4.69) is 35.2 Å². The number of anilines is 1. The van der Waals surface area contributed by atoms with Crippen molar-refractivity contribution in [2.75, 3.05) is 29.5 Å². The second kappa shape index (κ2) is 3.85. The first-order chi connectivity index (χ1) is 5.97. The lowest BCUT2D eigenvalue weighted by Gasteiger charge is -2.30. The molecular weight excluding hydrogens is 166 g/mol. The molecule has 0 unspecified atom stereocenters. The molecule has 1 aromatic carbocycles. The average molecular weight is 183 g/mol. The Balaban J connectivity index is 2.08. The standard InChI is InChI=1S/C10H17NS/c1-2-4-10(5-3-1)11-6-8-12-9-7-11/h1-5H,6-9H2,12H4. The third kappa shape index (κ3) is 1.75. The van der Waals surface area contributed by atoms with Gasteiger partial charge in [0.25, 0.3) is 0 Å². The smallest absolute Gasteiger partial charge is 0.0366 e. The topological polar surface area (TPSA) is 3.24 Å². The van der Waals surface area contributed by atoms with Crippen molar-refractivity contribution in [1.82, 2.24) is 0 Å². The maximum atomic E-state index is 2.51. The van der Waals surface area contributed by atoms with Gasteiger partial charge in [-0.05, 0) is 23.6 Å². The fourth-order valence-electron chi connectivity index (χ4n) is 1.79. The molecule has 12 heavy (non-hydrogen) atoms. The van der Waals surface area contributed by atoms with Gasteiger partial charge in [0.2, 0.25) is 0 Å². The molecule has 1 nitrogen and oxygen atoms in total. The van der Waals surface area contributed by atoms with Gasteiger partial charge in [-0.1, -0.05) is 18.2 Å². The molecule has 2 rings (SSSR count). The molecule has 2 heteroatoms. The SMILES string of the molecule is c1ccc(N2CC[SH4]CC2)cc1. The van der Waals surface area contributed by atoms with Gasteiger partial charge in [0, 0.05) is 18.8 Å². The van der Waals surface area contributed by atoms with Crippen LogP contribution in [0.4, 0.5) is 5.69 Å². The van der Waals surface area contributed by atoms with E-state index in [4.69, 9.17) is 0 Å². The van der Waals surface area contributed by atoms with E-state index in [0.717, 1.165) is 0 Å². The quantitative estimate of drug-likeness (QED) is 0.632. The summed E-state index contributed by atoms with van der Waals surface area (Å²) in [5, 5.41) is 0. The Morgan fingerprint density at radius 1 is 1.00 bits per heavy atom. The van der Waals surface area contributed by atoms with Crippen molar-refractivity contribution < 1.29 is 0 Å². The van der Waals surface area contributed by atoms with Gasteiger partial charge in [-0.25, -0.2) is 0 Å². The van der Waals surface area contributed by atoms with Gasteiger partial charge in [-0.3, -0.25) is 0 Å². The van der Waals surface area contributed by atoms with Crippen molar-refractivity contribution in [3.63, 3.8) is 0 Å². The molecule has 0 spiro atoms. The van der Waals surface area contributed by atoms with Crippen LogP contribution < -0.4 is 4.90 Å². The Hall–Kier alpha value is -0.630. The van der Waals surface area contributed by atoms with Crippen molar-refractivity contribution in [1.29, 1.82) is 0 Å². The van der Waals surface area contributed by atoms with Gasteiger partial charge < -0.3 is 16.7 Å². The third-order valence-corrected chi connectivity index (χ3v) is 4.11. The largest absolute Gasteiger partial charge is 0.370 e. The first-order valence-corrected chi connectivity index (χ1v) is 6.77. The average Bonchev–Trinajstić information content (AvgIpc) is 2.21. The van der Waals surface area contributed by atoms with Gasteiger partial charge in [0.15, 0.2) is 0 Å². The molecule has 0 saturated carbocycles. The number of nitrogens with zero attached hydrogens (tertiary/aromatic N) is 1. The molecule has 1 fully saturated rings. The van der Waals surface area contributed by atoms with Crippen molar-refractivity contribution in [2.45, 2.75) is 0 Å². The van der Waals surface area contributed by atoms with Crippen LogP contribution in [-0.4, -0.2) is 24.6 Å². The molecule has 1 saturated heterocycles. The highest BCUT2D eigenvalue weighted by atomic mass is 32.2. The fourth-order valence-corrected chi connectivity index (χ4v) is 3.36. The minimum absolute atomic E-state index is 0.330. The molecule has 0 atom stereocenters. The first-order valence-electron chi connectivity index (χ1n) is 4.77. The molecule has 1 aliphatic heterocycles. The zero-order chi connectivity index (χ0) is 8.23. The van der Waals surface area contributed by atoms with E-state index in [-0.39, 0.29) is 0 Å². The third-order valence-electron chi connectivity index (χ3n) is 2.48. The van der Waals surface area contributed by atoms with Crippen LogP contribution in [0.15, 0.2) is 30.3 Å². The molecule has 0 aliphatic carbocycles. The lowest BCUT2D eigenvalue weighted by molar-refractivity contribution is 0.859. The van der Waals surface area contributed by atoms with Crippen molar-refractivity contribution >= 4 is 17.4 Å². The van der Waals surface area contributed by atoms with E-state index < -0.39 is 0 Å². The number of hydrogen-bond donors (Lipinski definition) is 0. The predicted octanol–water partition coefficient (Wildman–Crippen LogP) is 1.17. The molecule has 0 N–H and O–H groups in total. The van der Waals surface area contributed by atoms with Gasteiger partial charge in [0.1, 0.15) is 0 Å². The lowest BCUT2D eigenvalue weighted by Crippen LogP contribution is -2.32. The molecule has 1 aliphatic rings. The van der Waals surface area contributed by atoms with Crippen LogP contribution in [0.25, 0.3) is 0 Å². The minimum atomic E-state index is 0.330. The summed E-state index contributed by atoms with van der Waals surface area (Å²) < 4.78 is 0. The Kier molecular flexibility index (Phi) is 2.57. The molecule has 0 aromatic heterocycles. The van der Waals surface area contributed by atoms with Crippen LogP contribution in [-0.2, 0) is 0 Å². The van der Waals surface area contributed by atoms with Crippen molar-refractivity contribution in [3.05, 3.63) is 30.3 Å². The normalized spacial score (nSPS) is 18.5. The Labute approximate surface area is 77.8 Å². The summed E-state index contributed by atoms with van der Waals surface area (Å²) in [7, 11) is 0. The van der Waals surface area contributed by atoms with Crippen LogP contribution in [0.1, 0.15) is 0 Å². The van der Waals surface area contributed by atoms with E-state index in [1.54, 1.807) is 0 Å². The minimum Gasteiger partial charge on any atom is -0.370 e. The van der Waals surface area contributed by atoms with Crippen molar-refractivity contribution in [3.8, 4) is 0 Å². The van der Waals surface area contributed by atoms with Crippen LogP contribution >= 0.6 is 11.8 Å². The van der Waals surface area contributed by atoms with Crippen LogP contribution in [0.2, 0.25) is 0 Å². The second-order valence-corrected chi connectivity index (χ2v) is 5.50. The van der Waals surface area contributed by atoms with Crippen LogP contribution in [0.3, 0.4) is 0 Å². The molecule has 1 aromatic rings. The van der Waals surface area contributed by atoms with E-state index in [9.17, 15) is 0 Å². The zero-order valence-corrected chi connectivity index (χ0v) is 8.78. The summed E-state index contributed by atoms with van der Waals surface area (Å²) >= 11 is 0.330. The Bertz CT molecular complexity index is 229. The van der Waals surface area contributed by atoms with Crippen LogP contribution in [0, 0.1) is 0 Å². The number of benzene rings is 1. The van der Waals surface area contributed by atoms with Crippen LogP contribution in [0.5, 0.6) is 0 Å². The highest BCUT2D eigenvalue weighted by Gasteiger charge is 2.07. The molecule has 0 amide bonds. The fraction of sp³-hybridized carbons (Fsp3) is 0.400. The van der Waals surface area contributed by atoms with Gasteiger partial charge in [0.05, 0.1) is 0 Å². The number of para-hydroxylation sites is 1. The monoisotopic (exact) mass is 183 g/mol.